The molecule has 0 radical (unpaired) electrons. The maximum atomic E-state index is 11.9. The van der Waals surface area contributed by atoms with Gasteiger partial charge in [0.05, 0.1) is 11.3 Å². The zero-order chi connectivity index (χ0) is 13.1. The number of aromatic nitrogens is 2. The van der Waals surface area contributed by atoms with Gasteiger partial charge in [0.2, 0.25) is 11.8 Å². The van der Waals surface area contributed by atoms with Crippen molar-refractivity contribution in [2.75, 3.05) is 10.9 Å². The van der Waals surface area contributed by atoms with Gasteiger partial charge >= 0.3 is 0 Å². The Kier molecular flexibility index (Phi) is 3.02. The summed E-state index contributed by atoms with van der Waals surface area (Å²) in [6.07, 6.45) is 2.78. The van der Waals surface area contributed by atoms with Crippen LogP contribution in [-0.4, -0.2) is 25.8 Å². The van der Waals surface area contributed by atoms with E-state index in [1.807, 2.05) is 0 Å². The zero-order valence-electron chi connectivity index (χ0n) is 9.16. The fraction of sp³-hybridized carbons (Fsp3) is 0. The molecule has 0 spiro atoms. The minimum absolute atomic E-state index is 0.174. The highest BCUT2D eigenvalue weighted by Gasteiger charge is 2.14. The van der Waals surface area contributed by atoms with E-state index in [-0.39, 0.29) is 17.3 Å². The summed E-state index contributed by atoms with van der Waals surface area (Å²) in [5.74, 6) is 4.07. The predicted octanol–water partition coefficient (Wildman–Crippen LogP) is -0.0362. The molecule has 0 aromatic carbocycles. The second-order valence-electron chi connectivity index (χ2n) is 3.39. The molecule has 2 rings (SSSR count). The van der Waals surface area contributed by atoms with Crippen molar-refractivity contribution in [3.05, 3.63) is 36.2 Å². The van der Waals surface area contributed by atoms with Crippen LogP contribution in [0.25, 0.3) is 0 Å². The topological polar surface area (TPSA) is 125 Å². The first-order chi connectivity index (χ1) is 8.63. The summed E-state index contributed by atoms with van der Waals surface area (Å²) in [6, 6.07) is 3.99. The number of aromatic hydroxyl groups is 2. The smallest absolute Gasteiger partial charge is 0.274 e. The molecule has 0 unspecified atom stereocenters. The molecule has 2 aromatic heterocycles. The van der Waals surface area contributed by atoms with Crippen LogP contribution in [0.1, 0.15) is 10.4 Å². The molecule has 0 aliphatic carbocycles. The largest absolute Gasteiger partial charge is 0.493 e. The number of hydrogen-bond acceptors (Lipinski definition) is 6. The van der Waals surface area contributed by atoms with E-state index in [1.54, 1.807) is 0 Å². The quantitative estimate of drug-likeness (QED) is 0.384. The Hall–Kier alpha value is -2.74. The van der Waals surface area contributed by atoms with Crippen molar-refractivity contribution in [1.82, 2.24) is 9.66 Å². The number of hydrogen-bond donors (Lipinski definition) is 5. The molecule has 0 bridgehead atoms. The molecule has 0 atom stereocenters. The maximum Gasteiger partial charge on any atom is 0.274 e. The first-order valence-electron chi connectivity index (χ1n) is 4.95. The average molecular weight is 249 g/mol. The third-order valence-electron chi connectivity index (χ3n) is 2.27. The molecule has 8 heteroatoms. The SMILES string of the molecule is NNc1ccncc1C(=O)Nn1c(O)ccc1O. The first-order valence-corrected chi connectivity index (χ1v) is 4.95. The third-order valence-corrected chi connectivity index (χ3v) is 2.27. The Balaban J connectivity index is 2.28. The van der Waals surface area contributed by atoms with Crippen LogP contribution < -0.4 is 16.7 Å². The number of nitrogens with two attached hydrogens (primary N) is 1. The van der Waals surface area contributed by atoms with Crippen LogP contribution in [0.2, 0.25) is 0 Å². The molecule has 2 heterocycles. The molecule has 0 saturated carbocycles. The van der Waals surface area contributed by atoms with Gasteiger partial charge in [0, 0.05) is 24.5 Å². The lowest BCUT2D eigenvalue weighted by Gasteiger charge is -2.11. The van der Waals surface area contributed by atoms with Crippen LogP contribution in [0.5, 0.6) is 11.8 Å². The van der Waals surface area contributed by atoms with Gasteiger partial charge in [-0.15, -0.1) is 0 Å². The lowest BCUT2D eigenvalue weighted by molar-refractivity contribution is 0.100. The number of nitrogens with zero attached hydrogens (tertiary/aromatic N) is 2. The number of nitrogen functional groups attached to an aromatic ring is 1. The minimum Gasteiger partial charge on any atom is -0.493 e. The van der Waals surface area contributed by atoms with Crippen molar-refractivity contribution in [2.45, 2.75) is 0 Å². The lowest BCUT2D eigenvalue weighted by atomic mass is 10.2. The molecule has 94 valence electrons. The number of anilines is 1. The van der Waals surface area contributed by atoms with Gasteiger partial charge in [-0.25, -0.2) is 0 Å². The Morgan fingerprint density at radius 2 is 1.94 bits per heavy atom. The maximum absolute atomic E-state index is 11.9. The highest BCUT2D eigenvalue weighted by molar-refractivity contribution is 6.04. The van der Waals surface area contributed by atoms with Gasteiger partial charge < -0.3 is 15.6 Å². The van der Waals surface area contributed by atoms with Crippen molar-refractivity contribution in [3.8, 4) is 11.8 Å². The van der Waals surface area contributed by atoms with Crippen molar-refractivity contribution in [2.24, 2.45) is 5.84 Å². The molecular formula is C10H11N5O3. The van der Waals surface area contributed by atoms with Crippen LogP contribution >= 0.6 is 0 Å². The van der Waals surface area contributed by atoms with Crippen LogP contribution in [0.4, 0.5) is 5.69 Å². The lowest BCUT2D eigenvalue weighted by Crippen LogP contribution is -2.24. The number of carbonyl (C=O) groups excluding carboxylic acids is 1. The molecule has 0 aliphatic heterocycles. The summed E-state index contributed by atoms with van der Waals surface area (Å²) in [7, 11) is 0. The summed E-state index contributed by atoms with van der Waals surface area (Å²) in [5, 5.41) is 18.8. The number of pyridine rings is 1. The molecular weight excluding hydrogens is 238 g/mol. The number of rotatable bonds is 3. The Morgan fingerprint density at radius 1 is 1.28 bits per heavy atom. The number of hydrazine groups is 1. The van der Waals surface area contributed by atoms with E-state index in [2.05, 4.69) is 15.8 Å². The second-order valence-corrected chi connectivity index (χ2v) is 3.39. The normalized spacial score (nSPS) is 10.1. The zero-order valence-corrected chi connectivity index (χ0v) is 9.16. The predicted molar refractivity (Wildman–Crippen MR) is 63.5 cm³/mol. The molecule has 6 N–H and O–H groups in total. The van der Waals surface area contributed by atoms with E-state index < -0.39 is 5.91 Å². The third kappa shape index (κ3) is 2.04. The van der Waals surface area contributed by atoms with Gasteiger partial charge in [-0.2, -0.15) is 4.68 Å². The molecule has 0 saturated heterocycles. The number of nitrogens with one attached hydrogen (secondary N) is 2. The summed E-state index contributed by atoms with van der Waals surface area (Å²) < 4.78 is 0.829. The Morgan fingerprint density at radius 3 is 2.56 bits per heavy atom. The molecule has 2 aromatic rings. The van der Waals surface area contributed by atoms with Gasteiger partial charge in [0.25, 0.3) is 5.91 Å². The van der Waals surface area contributed by atoms with Crippen molar-refractivity contribution < 1.29 is 15.0 Å². The van der Waals surface area contributed by atoms with E-state index in [0.29, 0.717) is 5.69 Å². The minimum atomic E-state index is -0.585. The molecule has 1 amide bonds. The molecule has 0 fully saturated rings. The molecule has 0 aliphatic rings. The highest BCUT2D eigenvalue weighted by atomic mass is 16.3. The van der Waals surface area contributed by atoms with E-state index >= 15 is 0 Å². The van der Waals surface area contributed by atoms with Gasteiger partial charge in [0.1, 0.15) is 0 Å². The number of carbonyl (C=O) groups is 1. The van der Waals surface area contributed by atoms with Crippen molar-refractivity contribution >= 4 is 11.6 Å². The fourth-order valence-corrected chi connectivity index (χ4v) is 1.39. The molecule has 8 nitrogen and oxygen atoms in total. The van der Waals surface area contributed by atoms with Crippen molar-refractivity contribution in [1.29, 1.82) is 0 Å². The van der Waals surface area contributed by atoms with Crippen molar-refractivity contribution in [3.63, 3.8) is 0 Å². The van der Waals surface area contributed by atoms with Gasteiger partial charge in [0.15, 0.2) is 0 Å². The van der Waals surface area contributed by atoms with Crippen LogP contribution in [0.15, 0.2) is 30.6 Å². The van der Waals surface area contributed by atoms with Crippen LogP contribution in [0.3, 0.4) is 0 Å². The summed E-state index contributed by atoms with van der Waals surface area (Å²) >= 11 is 0. The number of amides is 1. The van der Waals surface area contributed by atoms with E-state index in [1.165, 1.54) is 30.6 Å². The van der Waals surface area contributed by atoms with Crippen LogP contribution in [-0.2, 0) is 0 Å². The second kappa shape index (κ2) is 4.63. The van der Waals surface area contributed by atoms with Gasteiger partial charge in [-0.05, 0) is 6.07 Å². The summed E-state index contributed by atoms with van der Waals surface area (Å²) in [4.78, 5) is 15.7. The van der Waals surface area contributed by atoms with Crippen LogP contribution in [0, 0.1) is 0 Å². The van der Waals surface area contributed by atoms with E-state index in [9.17, 15) is 15.0 Å². The summed E-state index contributed by atoms with van der Waals surface area (Å²) in [5.41, 5.74) is 5.18. The Labute approximate surface area is 102 Å². The Bertz CT molecular complexity index is 561. The molecule has 18 heavy (non-hydrogen) atoms. The fourth-order valence-electron chi connectivity index (χ4n) is 1.39. The van der Waals surface area contributed by atoms with E-state index in [4.69, 9.17) is 5.84 Å². The van der Waals surface area contributed by atoms with E-state index in [0.717, 1.165) is 4.68 Å². The van der Waals surface area contributed by atoms with Gasteiger partial charge in [-0.3, -0.25) is 21.0 Å². The standard InChI is InChI=1S/C10H11N5O3/c11-13-7-3-4-12-5-6(7)10(18)14-15-8(16)1-2-9(15)17/h1-5,16-17H,11H2,(H,12,13)(H,14,18). The van der Waals surface area contributed by atoms with Gasteiger partial charge in [-0.1, -0.05) is 0 Å². The summed E-state index contributed by atoms with van der Waals surface area (Å²) in [6.45, 7) is 0. The first kappa shape index (κ1) is 11.7. The monoisotopic (exact) mass is 249 g/mol. The highest BCUT2D eigenvalue weighted by Crippen LogP contribution is 2.20. The average Bonchev–Trinajstić information content (AvgIpc) is 2.70.